The predicted octanol–water partition coefficient (Wildman–Crippen LogP) is 4.13. The molecule has 0 radical (unpaired) electrons. The molecule has 0 saturated carbocycles. The molecule has 2 N–H and O–H groups in total. The Bertz CT molecular complexity index is 591. The maximum Gasteiger partial charge on any atom is 0.135 e. The average Bonchev–Trinajstić information content (AvgIpc) is 2.56. The first-order chi connectivity index (χ1) is 11.1. The van der Waals surface area contributed by atoms with Gasteiger partial charge in [-0.2, -0.15) is 0 Å². The van der Waals surface area contributed by atoms with Gasteiger partial charge in [0.1, 0.15) is 18.0 Å². The van der Waals surface area contributed by atoms with E-state index >= 15 is 0 Å². The molecule has 124 valence electrons. The Morgan fingerprint density at radius 2 is 1.65 bits per heavy atom. The lowest BCUT2D eigenvalue weighted by Crippen LogP contribution is -2.21. The summed E-state index contributed by atoms with van der Waals surface area (Å²) in [6.45, 7) is 11.6. The van der Waals surface area contributed by atoms with E-state index in [9.17, 15) is 0 Å². The van der Waals surface area contributed by atoms with Crippen molar-refractivity contribution in [3.05, 3.63) is 36.7 Å². The molecule has 0 atom stereocenters. The molecule has 2 aromatic rings. The van der Waals surface area contributed by atoms with Crippen molar-refractivity contribution in [1.82, 2.24) is 9.97 Å². The van der Waals surface area contributed by atoms with E-state index in [4.69, 9.17) is 0 Å². The van der Waals surface area contributed by atoms with E-state index in [1.165, 1.54) is 5.69 Å². The Labute approximate surface area is 139 Å². The van der Waals surface area contributed by atoms with E-state index in [0.29, 0.717) is 5.92 Å². The Morgan fingerprint density at radius 3 is 2.26 bits per heavy atom. The number of nitrogens with zero attached hydrogens (tertiary/aromatic N) is 3. The summed E-state index contributed by atoms with van der Waals surface area (Å²) in [6.07, 6.45) is 1.58. The number of rotatable bonds is 8. The van der Waals surface area contributed by atoms with Crippen molar-refractivity contribution in [3.63, 3.8) is 0 Å². The molecule has 0 aliphatic carbocycles. The molecule has 0 aliphatic heterocycles. The lowest BCUT2D eigenvalue weighted by molar-refractivity contribution is 0.687. The number of benzene rings is 1. The molecule has 1 aromatic heterocycles. The fourth-order valence-corrected chi connectivity index (χ4v) is 2.32. The Balaban J connectivity index is 2.03. The van der Waals surface area contributed by atoms with Crippen LogP contribution >= 0.6 is 0 Å². The van der Waals surface area contributed by atoms with Crippen LogP contribution in [0.3, 0.4) is 0 Å². The van der Waals surface area contributed by atoms with Gasteiger partial charge in [-0.25, -0.2) is 9.97 Å². The summed E-state index contributed by atoms with van der Waals surface area (Å²) >= 11 is 0. The second kappa shape index (κ2) is 8.36. The smallest absolute Gasteiger partial charge is 0.135 e. The zero-order valence-corrected chi connectivity index (χ0v) is 14.5. The molecule has 1 heterocycles. The van der Waals surface area contributed by atoms with Crippen molar-refractivity contribution in [1.29, 1.82) is 0 Å². The second-order valence-electron chi connectivity index (χ2n) is 5.91. The molecule has 0 aliphatic rings. The van der Waals surface area contributed by atoms with Crippen LogP contribution in [0.25, 0.3) is 0 Å². The number of nitrogens with one attached hydrogen (secondary N) is 2. The molecule has 0 unspecified atom stereocenters. The van der Waals surface area contributed by atoms with Crippen LogP contribution in [-0.4, -0.2) is 29.6 Å². The summed E-state index contributed by atoms with van der Waals surface area (Å²) < 4.78 is 0. The maximum atomic E-state index is 4.28. The van der Waals surface area contributed by atoms with Crippen molar-refractivity contribution in [2.75, 3.05) is 35.2 Å². The van der Waals surface area contributed by atoms with Crippen molar-refractivity contribution in [3.8, 4) is 0 Å². The zero-order valence-electron chi connectivity index (χ0n) is 14.5. The van der Waals surface area contributed by atoms with Gasteiger partial charge in [-0.15, -0.1) is 0 Å². The Hall–Kier alpha value is -2.30. The van der Waals surface area contributed by atoms with Crippen LogP contribution in [0.2, 0.25) is 0 Å². The van der Waals surface area contributed by atoms with E-state index in [-0.39, 0.29) is 0 Å². The zero-order chi connectivity index (χ0) is 16.7. The van der Waals surface area contributed by atoms with Crippen molar-refractivity contribution in [2.24, 2.45) is 5.92 Å². The first kappa shape index (κ1) is 17.1. The summed E-state index contributed by atoms with van der Waals surface area (Å²) in [4.78, 5) is 10.8. The van der Waals surface area contributed by atoms with Crippen LogP contribution < -0.4 is 15.5 Å². The minimum absolute atomic E-state index is 0.578. The van der Waals surface area contributed by atoms with E-state index in [1.807, 2.05) is 6.07 Å². The minimum Gasteiger partial charge on any atom is -0.372 e. The van der Waals surface area contributed by atoms with Gasteiger partial charge in [0.2, 0.25) is 0 Å². The Morgan fingerprint density at radius 1 is 1.00 bits per heavy atom. The van der Waals surface area contributed by atoms with Gasteiger partial charge in [-0.3, -0.25) is 0 Å². The number of hydrogen-bond donors (Lipinski definition) is 2. The molecule has 23 heavy (non-hydrogen) atoms. The number of anilines is 4. The summed E-state index contributed by atoms with van der Waals surface area (Å²) in [5, 5.41) is 6.64. The predicted molar refractivity (Wildman–Crippen MR) is 98.6 cm³/mol. The standard InChI is InChI=1S/C18H27N5/c1-5-23(6-2)16-9-7-15(8-10-16)22-18-11-17(20-13-21-18)19-12-14(3)4/h7-11,13-14H,5-6,12H2,1-4H3,(H2,19,20,21,22). The van der Waals surface area contributed by atoms with Gasteiger partial charge < -0.3 is 15.5 Å². The molecule has 0 bridgehead atoms. The van der Waals surface area contributed by atoms with Gasteiger partial charge in [-0.05, 0) is 44.0 Å². The lowest BCUT2D eigenvalue weighted by Gasteiger charge is -2.21. The third-order valence-corrected chi connectivity index (χ3v) is 3.63. The molecule has 5 heteroatoms. The molecule has 0 saturated heterocycles. The van der Waals surface area contributed by atoms with Crippen LogP contribution in [0.1, 0.15) is 27.7 Å². The average molecular weight is 313 g/mol. The highest BCUT2D eigenvalue weighted by Crippen LogP contribution is 2.21. The van der Waals surface area contributed by atoms with Crippen LogP contribution in [-0.2, 0) is 0 Å². The van der Waals surface area contributed by atoms with Crippen LogP contribution in [0.4, 0.5) is 23.0 Å². The molecule has 0 fully saturated rings. The van der Waals surface area contributed by atoms with E-state index in [0.717, 1.165) is 37.0 Å². The Kier molecular flexibility index (Phi) is 6.20. The van der Waals surface area contributed by atoms with Crippen molar-refractivity contribution >= 4 is 23.0 Å². The van der Waals surface area contributed by atoms with Gasteiger partial charge in [0.25, 0.3) is 0 Å². The van der Waals surface area contributed by atoms with E-state index in [1.54, 1.807) is 6.33 Å². The normalized spacial score (nSPS) is 10.7. The topological polar surface area (TPSA) is 53.1 Å². The third-order valence-electron chi connectivity index (χ3n) is 3.63. The monoisotopic (exact) mass is 313 g/mol. The summed E-state index contributed by atoms with van der Waals surface area (Å²) in [5.41, 5.74) is 2.26. The fraction of sp³-hybridized carbons (Fsp3) is 0.444. The largest absolute Gasteiger partial charge is 0.372 e. The van der Waals surface area contributed by atoms with Crippen molar-refractivity contribution < 1.29 is 0 Å². The molecule has 2 rings (SSSR count). The molecular weight excluding hydrogens is 286 g/mol. The van der Waals surface area contributed by atoms with Gasteiger partial charge in [0.05, 0.1) is 0 Å². The molecular formula is C18H27N5. The molecule has 1 aromatic carbocycles. The molecule has 5 nitrogen and oxygen atoms in total. The minimum atomic E-state index is 0.578. The maximum absolute atomic E-state index is 4.28. The highest BCUT2D eigenvalue weighted by molar-refractivity contribution is 5.62. The summed E-state index contributed by atoms with van der Waals surface area (Å²) in [5.74, 6) is 2.21. The third kappa shape index (κ3) is 5.13. The highest BCUT2D eigenvalue weighted by atomic mass is 15.1. The van der Waals surface area contributed by atoms with Gasteiger partial charge in [0, 0.05) is 37.1 Å². The summed E-state index contributed by atoms with van der Waals surface area (Å²) in [7, 11) is 0. The lowest BCUT2D eigenvalue weighted by atomic mass is 10.2. The highest BCUT2D eigenvalue weighted by Gasteiger charge is 2.03. The fourth-order valence-electron chi connectivity index (χ4n) is 2.32. The number of hydrogen-bond acceptors (Lipinski definition) is 5. The molecule has 0 spiro atoms. The van der Waals surface area contributed by atoms with E-state index < -0.39 is 0 Å². The van der Waals surface area contributed by atoms with Gasteiger partial charge in [0.15, 0.2) is 0 Å². The molecule has 0 amide bonds. The van der Waals surface area contributed by atoms with Crippen LogP contribution in [0.5, 0.6) is 0 Å². The SMILES string of the molecule is CCN(CC)c1ccc(Nc2cc(NCC(C)C)ncn2)cc1. The summed E-state index contributed by atoms with van der Waals surface area (Å²) in [6, 6.07) is 10.4. The van der Waals surface area contributed by atoms with Gasteiger partial charge >= 0.3 is 0 Å². The first-order valence-electron chi connectivity index (χ1n) is 8.30. The number of aromatic nitrogens is 2. The van der Waals surface area contributed by atoms with E-state index in [2.05, 4.69) is 77.5 Å². The van der Waals surface area contributed by atoms with Crippen LogP contribution in [0, 0.1) is 5.92 Å². The quantitative estimate of drug-likeness (QED) is 0.767. The first-order valence-corrected chi connectivity index (χ1v) is 8.30. The van der Waals surface area contributed by atoms with Gasteiger partial charge in [-0.1, -0.05) is 13.8 Å². The van der Waals surface area contributed by atoms with Crippen molar-refractivity contribution in [2.45, 2.75) is 27.7 Å². The second-order valence-corrected chi connectivity index (χ2v) is 5.91. The van der Waals surface area contributed by atoms with Crippen LogP contribution in [0.15, 0.2) is 36.7 Å².